The Labute approximate surface area is 63.4 Å². The van der Waals surface area contributed by atoms with Gasteiger partial charge in [0.05, 0.1) is 10.0 Å². The van der Waals surface area contributed by atoms with Crippen LogP contribution in [0.1, 0.15) is 0 Å². The Morgan fingerprint density at radius 2 is 2.33 bits per heavy atom. The van der Waals surface area contributed by atoms with Crippen molar-refractivity contribution in [3.8, 4) is 0 Å². The molecule has 48 valence electrons. The van der Waals surface area contributed by atoms with Crippen LogP contribution in [0.5, 0.6) is 0 Å². The summed E-state index contributed by atoms with van der Waals surface area (Å²) in [5.74, 6) is 0. The molecule has 9 heavy (non-hydrogen) atoms. The molecule has 0 saturated heterocycles. The van der Waals surface area contributed by atoms with Crippen molar-refractivity contribution in [2.24, 2.45) is 0 Å². The summed E-state index contributed by atoms with van der Waals surface area (Å²) in [5, 5.41) is 1.69. The van der Waals surface area contributed by atoms with Crippen molar-refractivity contribution in [2.45, 2.75) is 5.03 Å². The summed E-state index contributed by atoms with van der Waals surface area (Å²) in [6.45, 7) is 0. The molecule has 0 saturated carbocycles. The molecule has 0 fully saturated rings. The molecular weight excluding hydrogens is 154 g/mol. The first-order valence-electron chi connectivity index (χ1n) is 2.48. The fraction of sp³-hybridized carbons (Fsp3) is 0.167. The summed E-state index contributed by atoms with van der Waals surface area (Å²) >= 11 is 7.20. The van der Waals surface area contributed by atoms with E-state index in [0.717, 1.165) is 5.03 Å². The summed E-state index contributed by atoms with van der Waals surface area (Å²) in [6, 6.07) is 3.73. The van der Waals surface area contributed by atoms with Crippen molar-refractivity contribution in [3.63, 3.8) is 0 Å². The number of halogens is 1. The lowest BCUT2D eigenvalue weighted by Gasteiger charge is -1.91. The van der Waals surface area contributed by atoms with Crippen molar-refractivity contribution >= 4 is 23.4 Å². The Balaban J connectivity index is 2.88. The summed E-state index contributed by atoms with van der Waals surface area (Å²) < 4.78 is 0. The molecule has 0 aromatic carbocycles. The average Bonchev–Trinajstić information content (AvgIpc) is 1.90. The zero-order valence-corrected chi connectivity index (χ0v) is 6.54. The number of hydrogen-bond acceptors (Lipinski definition) is 2. The number of rotatable bonds is 1. The van der Waals surface area contributed by atoms with Gasteiger partial charge in [-0.1, -0.05) is 11.6 Å². The molecule has 0 bridgehead atoms. The van der Waals surface area contributed by atoms with Crippen molar-refractivity contribution in [2.75, 3.05) is 6.26 Å². The summed E-state index contributed by atoms with van der Waals surface area (Å²) in [5.41, 5.74) is 0. The molecule has 0 atom stereocenters. The van der Waals surface area contributed by atoms with Crippen molar-refractivity contribution < 1.29 is 0 Å². The molecular formula is C6H6ClNS. The van der Waals surface area contributed by atoms with E-state index in [4.69, 9.17) is 11.6 Å². The first kappa shape index (κ1) is 6.90. The van der Waals surface area contributed by atoms with Crippen molar-refractivity contribution in [1.29, 1.82) is 0 Å². The summed E-state index contributed by atoms with van der Waals surface area (Å²) in [4.78, 5) is 4.03. The monoisotopic (exact) mass is 159 g/mol. The number of nitrogens with zero attached hydrogens (tertiary/aromatic N) is 1. The van der Waals surface area contributed by atoms with Crippen LogP contribution in [0, 0.1) is 0 Å². The van der Waals surface area contributed by atoms with Gasteiger partial charge in [-0.2, -0.15) is 0 Å². The van der Waals surface area contributed by atoms with Gasteiger partial charge in [0.2, 0.25) is 0 Å². The highest BCUT2D eigenvalue weighted by Crippen LogP contribution is 2.13. The van der Waals surface area contributed by atoms with Crippen LogP contribution in [-0.2, 0) is 0 Å². The maximum absolute atomic E-state index is 5.60. The molecule has 0 N–H and O–H groups in total. The van der Waals surface area contributed by atoms with Gasteiger partial charge in [0.15, 0.2) is 0 Å². The molecule has 1 aromatic rings. The fourth-order valence-electron chi connectivity index (χ4n) is 0.483. The number of hydrogen-bond donors (Lipinski definition) is 0. The van der Waals surface area contributed by atoms with E-state index in [9.17, 15) is 0 Å². The first-order chi connectivity index (χ1) is 4.33. The van der Waals surface area contributed by atoms with E-state index in [-0.39, 0.29) is 0 Å². The van der Waals surface area contributed by atoms with E-state index < -0.39 is 0 Å². The lowest BCUT2D eigenvalue weighted by atomic mass is 10.5. The van der Waals surface area contributed by atoms with Crippen molar-refractivity contribution in [1.82, 2.24) is 4.98 Å². The highest BCUT2D eigenvalue weighted by atomic mass is 35.5. The van der Waals surface area contributed by atoms with Crippen LogP contribution in [0.4, 0.5) is 0 Å². The SMILES string of the molecule is CSc1ccc(Cl)cn1. The van der Waals surface area contributed by atoms with Crippen LogP contribution < -0.4 is 0 Å². The molecule has 1 aromatic heterocycles. The highest BCUT2D eigenvalue weighted by Gasteiger charge is 1.88. The third kappa shape index (κ3) is 1.88. The van der Waals surface area contributed by atoms with Gasteiger partial charge < -0.3 is 0 Å². The molecule has 0 aliphatic heterocycles. The predicted molar refractivity (Wildman–Crippen MR) is 41.0 cm³/mol. The van der Waals surface area contributed by atoms with Crippen molar-refractivity contribution in [3.05, 3.63) is 23.4 Å². The second-order valence-corrected chi connectivity index (χ2v) is 2.78. The molecule has 1 rings (SSSR count). The quantitative estimate of drug-likeness (QED) is 0.584. The predicted octanol–water partition coefficient (Wildman–Crippen LogP) is 2.46. The minimum atomic E-state index is 0.688. The van der Waals surface area contributed by atoms with Crippen LogP contribution in [0.25, 0.3) is 0 Å². The van der Waals surface area contributed by atoms with Crippen LogP contribution >= 0.6 is 23.4 Å². The Bertz CT molecular complexity index is 185. The molecule has 0 aliphatic carbocycles. The molecule has 1 heterocycles. The van der Waals surface area contributed by atoms with Crippen LogP contribution in [-0.4, -0.2) is 11.2 Å². The van der Waals surface area contributed by atoms with Gasteiger partial charge in [0, 0.05) is 6.20 Å². The number of thioether (sulfide) groups is 1. The maximum atomic E-state index is 5.60. The Kier molecular flexibility index (Phi) is 2.37. The minimum Gasteiger partial charge on any atom is -0.248 e. The van der Waals surface area contributed by atoms with E-state index in [1.54, 1.807) is 18.0 Å². The lowest BCUT2D eigenvalue weighted by Crippen LogP contribution is -1.74. The zero-order chi connectivity index (χ0) is 6.69. The molecule has 1 nitrogen and oxygen atoms in total. The maximum Gasteiger partial charge on any atom is 0.0958 e. The molecule has 0 radical (unpaired) electrons. The molecule has 3 heteroatoms. The van der Waals surface area contributed by atoms with Crippen LogP contribution in [0.15, 0.2) is 23.4 Å². The average molecular weight is 160 g/mol. The first-order valence-corrected chi connectivity index (χ1v) is 4.09. The van der Waals surface area contributed by atoms with E-state index in [1.165, 1.54) is 0 Å². The Morgan fingerprint density at radius 3 is 2.78 bits per heavy atom. The summed E-state index contributed by atoms with van der Waals surface area (Å²) in [6.07, 6.45) is 3.63. The molecule has 0 aliphatic rings. The lowest BCUT2D eigenvalue weighted by molar-refractivity contribution is 1.14. The Morgan fingerprint density at radius 1 is 1.56 bits per heavy atom. The Hall–Kier alpha value is -0.210. The molecule has 0 unspecified atom stereocenters. The van der Waals surface area contributed by atoms with Crippen LogP contribution in [0.3, 0.4) is 0 Å². The fourth-order valence-corrected chi connectivity index (χ4v) is 0.957. The highest BCUT2D eigenvalue weighted by molar-refractivity contribution is 7.98. The third-order valence-electron chi connectivity index (χ3n) is 0.909. The second-order valence-electron chi connectivity index (χ2n) is 1.52. The van der Waals surface area contributed by atoms with E-state index in [1.807, 2.05) is 18.4 Å². The number of pyridine rings is 1. The van der Waals surface area contributed by atoms with Crippen LogP contribution in [0.2, 0.25) is 5.02 Å². The zero-order valence-electron chi connectivity index (χ0n) is 4.97. The van der Waals surface area contributed by atoms with Gasteiger partial charge in [-0.25, -0.2) is 4.98 Å². The van der Waals surface area contributed by atoms with E-state index in [2.05, 4.69) is 4.98 Å². The topological polar surface area (TPSA) is 12.9 Å². The summed E-state index contributed by atoms with van der Waals surface area (Å²) in [7, 11) is 0. The normalized spacial score (nSPS) is 9.56. The van der Waals surface area contributed by atoms with Gasteiger partial charge in [0.1, 0.15) is 0 Å². The standard InChI is InChI=1S/C6H6ClNS/c1-9-6-3-2-5(7)4-8-6/h2-4H,1H3. The van der Waals surface area contributed by atoms with Gasteiger partial charge in [-0.15, -0.1) is 11.8 Å². The van der Waals surface area contributed by atoms with E-state index in [0.29, 0.717) is 5.02 Å². The molecule has 0 spiro atoms. The molecule has 0 amide bonds. The van der Waals surface area contributed by atoms with Gasteiger partial charge in [0.25, 0.3) is 0 Å². The minimum absolute atomic E-state index is 0.688. The third-order valence-corrected chi connectivity index (χ3v) is 1.79. The van der Waals surface area contributed by atoms with Gasteiger partial charge in [-0.05, 0) is 18.4 Å². The van der Waals surface area contributed by atoms with E-state index >= 15 is 0 Å². The van der Waals surface area contributed by atoms with Gasteiger partial charge >= 0.3 is 0 Å². The largest absolute Gasteiger partial charge is 0.248 e. The second kappa shape index (κ2) is 3.08. The number of aromatic nitrogens is 1. The van der Waals surface area contributed by atoms with Gasteiger partial charge in [-0.3, -0.25) is 0 Å². The smallest absolute Gasteiger partial charge is 0.0958 e.